The summed E-state index contributed by atoms with van der Waals surface area (Å²) in [4.78, 5) is 6.16. The summed E-state index contributed by atoms with van der Waals surface area (Å²) in [5.74, 6) is 0.746. The molecule has 3 rings (SSSR count). The smallest absolute Gasteiger partial charge is 0.328 e. The molecule has 0 spiro atoms. The van der Waals surface area contributed by atoms with Crippen LogP contribution in [0.4, 0.5) is 36.3 Å². The number of benzene rings is 2. The van der Waals surface area contributed by atoms with Crippen LogP contribution >= 0.6 is 0 Å². The molecule has 0 amide bonds. The van der Waals surface area contributed by atoms with Gasteiger partial charge < -0.3 is 10.2 Å². The Morgan fingerprint density at radius 1 is 0.960 bits per heavy atom. The monoisotopic (exact) mass is 345 g/mol. The molecule has 5 nitrogen and oxygen atoms in total. The first-order chi connectivity index (χ1) is 11.9. The molecule has 0 atom stereocenters. The van der Waals surface area contributed by atoms with Crippen molar-refractivity contribution in [2.75, 3.05) is 17.3 Å². The fourth-order valence-electron chi connectivity index (χ4n) is 2.16. The molecule has 0 saturated heterocycles. The molecule has 0 radical (unpaired) electrons. The number of nitrogens with zero attached hydrogens (tertiary/aromatic N) is 4. The summed E-state index contributed by atoms with van der Waals surface area (Å²) in [6.07, 6.45) is -2.86. The summed E-state index contributed by atoms with van der Waals surface area (Å²) in [5.41, 5.74) is 0.646. The number of halogens is 3. The molecular formula is C17H14F3N5. The van der Waals surface area contributed by atoms with Crippen molar-refractivity contribution in [3.63, 3.8) is 0 Å². The van der Waals surface area contributed by atoms with Crippen LogP contribution in [0.3, 0.4) is 0 Å². The molecule has 0 unspecified atom stereocenters. The minimum Gasteiger partial charge on any atom is -0.328 e. The van der Waals surface area contributed by atoms with E-state index in [0.29, 0.717) is 11.5 Å². The number of hydrogen-bond acceptors (Lipinski definition) is 5. The lowest BCUT2D eigenvalue weighted by atomic mass is 10.2. The van der Waals surface area contributed by atoms with Crippen LogP contribution in [0.15, 0.2) is 60.8 Å². The van der Waals surface area contributed by atoms with Crippen LogP contribution in [0.5, 0.6) is 0 Å². The van der Waals surface area contributed by atoms with E-state index in [0.717, 1.165) is 17.8 Å². The predicted octanol–water partition coefficient (Wildman–Crippen LogP) is 4.40. The van der Waals surface area contributed by atoms with Gasteiger partial charge in [0, 0.05) is 18.4 Å². The summed E-state index contributed by atoms with van der Waals surface area (Å²) in [6, 6.07) is 14.2. The van der Waals surface area contributed by atoms with E-state index in [1.54, 1.807) is 0 Å². The Morgan fingerprint density at radius 2 is 1.64 bits per heavy atom. The van der Waals surface area contributed by atoms with Crippen LogP contribution in [-0.2, 0) is 6.18 Å². The Kier molecular flexibility index (Phi) is 4.51. The van der Waals surface area contributed by atoms with E-state index in [1.165, 1.54) is 18.3 Å². The molecule has 0 saturated carbocycles. The van der Waals surface area contributed by atoms with Gasteiger partial charge in [0.05, 0.1) is 11.8 Å². The largest absolute Gasteiger partial charge is 0.416 e. The SMILES string of the molecule is CN(c1ccccc1)c1cnnc(Nc2ccc(C(F)(F)F)cc2)n1. The van der Waals surface area contributed by atoms with Gasteiger partial charge in [0.2, 0.25) is 5.95 Å². The molecule has 3 aromatic rings. The lowest BCUT2D eigenvalue weighted by Crippen LogP contribution is -2.13. The van der Waals surface area contributed by atoms with Gasteiger partial charge in [0.15, 0.2) is 5.82 Å². The van der Waals surface area contributed by atoms with Crippen LogP contribution in [0.1, 0.15) is 5.56 Å². The average Bonchev–Trinajstić information content (AvgIpc) is 2.62. The van der Waals surface area contributed by atoms with Crippen LogP contribution in [0.25, 0.3) is 0 Å². The number of rotatable bonds is 4. The van der Waals surface area contributed by atoms with Crippen molar-refractivity contribution in [1.29, 1.82) is 0 Å². The summed E-state index contributed by atoms with van der Waals surface area (Å²) < 4.78 is 37.8. The third kappa shape index (κ3) is 4.03. The van der Waals surface area contributed by atoms with E-state index in [1.807, 2.05) is 42.3 Å². The molecule has 25 heavy (non-hydrogen) atoms. The van der Waals surface area contributed by atoms with Gasteiger partial charge in [-0.15, -0.1) is 5.10 Å². The normalized spacial score (nSPS) is 11.2. The second-order valence-electron chi connectivity index (χ2n) is 5.23. The number of aromatic nitrogens is 3. The number of para-hydroxylation sites is 1. The van der Waals surface area contributed by atoms with E-state index < -0.39 is 11.7 Å². The summed E-state index contributed by atoms with van der Waals surface area (Å²) in [7, 11) is 1.83. The summed E-state index contributed by atoms with van der Waals surface area (Å²) in [6.45, 7) is 0. The number of anilines is 4. The molecular weight excluding hydrogens is 331 g/mol. The number of hydrogen-bond donors (Lipinski definition) is 1. The van der Waals surface area contributed by atoms with Gasteiger partial charge in [-0.05, 0) is 36.4 Å². The van der Waals surface area contributed by atoms with E-state index in [-0.39, 0.29) is 5.95 Å². The average molecular weight is 345 g/mol. The Labute approximate surface area is 142 Å². The van der Waals surface area contributed by atoms with E-state index in [9.17, 15) is 13.2 Å². The van der Waals surface area contributed by atoms with Crippen LogP contribution in [-0.4, -0.2) is 22.2 Å². The van der Waals surface area contributed by atoms with Gasteiger partial charge in [-0.25, -0.2) is 0 Å². The summed E-state index contributed by atoms with van der Waals surface area (Å²) in [5, 5.41) is 10.6. The van der Waals surface area contributed by atoms with Crippen molar-refractivity contribution < 1.29 is 13.2 Å². The minimum absolute atomic E-state index is 0.194. The maximum Gasteiger partial charge on any atom is 0.416 e. The predicted molar refractivity (Wildman–Crippen MR) is 89.1 cm³/mol. The second-order valence-corrected chi connectivity index (χ2v) is 5.23. The second kappa shape index (κ2) is 6.76. The first-order valence-electron chi connectivity index (χ1n) is 7.36. The van der Waals surface area contributed by atoms with Crippen molar-refractivity contribution in [1.82, 2.24) is 15.2 Å². The van der Waals surface area contributed by atoms with E-state index in [4.69, 9.17) is 0 Å². The zero-order valence-corrected chi connectivity index (χ0v) is 13.2. The zero-order valence-electron chi connectivity index (χ0n) is 13.2. The van der Waals surface area contributed by atoms with Crippen molar-refractivity contribution in [3.05, 3.63) is 66.4 Å². The molecule has 1 aromatic heterocycles. The van der Waals surface area contributed by atoms with Crippen molar-refractivity contribution >= 4 is 23.1 Å². The quantitative estimate of drug-likeness (QED) is 0.759. The standard InChI is InChI=1S/C17H14F3N5/c1-25(14-5-3-2-4-6-14)15-11-21-24-16(23-15)22-13-9-7-12(8-10-13)17(18,19)20/h2-11H,1H3,(H,22,23,24). The number of nitrogens with one attached hydrogen (secondary N) is 1. The Bertz CT molecular complexity index is 835. The van der Waals surface area contributed by atoms with Gasteiger partial charge in [-0.3, -0.25) is 0 Å². The van der Waals surface area contributed by atoms with Gasteiger partial charge in [0.25, 0.3) is 0 Å². The maximum absolute atomic E-state index is 12.6. The highest BCUT2D eigenvalue weighted by atomic mass is 19.4. The fraction of sp³-hybridized carbons (Fsp3) is 0.118. The highest BCUT2D eigenvalue weighted by Gasteiger charge is 2.29. The maximum atomic E-state index is 12.6. The van der Waals surface area contributed by atoms with Gasteiger partial charge >= 0.3 is 6.18 Å². The zero-order chi connectivity index (χ0) is 17.9. The van der Waals surface area contributed by atoms with E-state index >= 15 is 0 Å². The molecule has 1 N–H and O–H groups in total. The first-order valence-corrected chi connectivity index (χ1v) is 7.36. The van der Waals surface area contributed by atoms with Crippen molar-refractivity contribution in [2.45, 2.75) is 6.18 Å². The van der Waals surface area contributed by atoms with Crippen LogP contribution in [0.2, 0.25) is 0 Å². The highest BCUT2D eigenvalue weighted by Crippen LogP contribution is 2.30. The summed E-state index contributed by atoms with van der Waals surface area (Å²) >= 11 is 0. The Morgan fingerprint density at radius 3 is 2.28 bits per heavy atom. The van der Waals surface area contributed by atoms with Crippen molar-refractivity contribution in [2.24, 2.45) is 0 Å². The molecule has 1 heterocycles. The Balaban J connectivity index is 1.78. The molecule has 8 heteroatoms. The van der Waals surface area contributed by atoms with Gasteiger partial charge in [-0.2, -0.15) is 23.3 Å². The minimum atomic E-state index is -4.37. The third-order valence-corrected chi connectivity index (χ3v) is 3.50. The first kappa shape index (κ1) is 16.7. The highest BCUT2D eigenvalue weighted by molar-refractivity contribution is 5.60. The fourth-order valence-corrected chi connectivity index (χ4v) is 2.16. The topological polar surface area (TPSA) is 53.9 Å². The molecule has 0 aliphatic rings. The molecule has 2 aromatic carbocycles. The van der Waals surface area contributed by atoms with Gasteiger partial charge in [-0.1, -0.05) is 18.2 Å². The molecule has 0 bridgehead atoms. The number of alkyl halides is 3. The van der Waals surface area contributed by atoms with Gasteiger partial charge in [0.1, 0.15) is 0 Å². The van der Waals surface area contributed by atoms with Crippen LogP contribution in [0, 0.1) is 0 Å². The molecule has 0 aliphatic carbocycles. The molecule has 0 aliphatic heterocycles. The van der Waals surface area contributed by atoms with Crippen molar-refractivity contribution in [3.8, 4) is 0 Å². The third-order valence-electron chi connectivity index (χ3n) is 3.50. The lowest BCUT2D eigenvalue weighted by Gasteiger charge is -2.18. The molecule has 0 fully saturated rings. The Hall–Kier alpha value is -3.16. The lowest BCUT2D eigenvalue weighted by molar-refractivity contribution is -0.137. The van der Waals surface area contributed by atoms with E-state index in [2.05, 4.69) is 20.5 Å². The van der Waals surface area contributed by atoms with Crippen LogP contribution < -0.4 is 10.2 Å². The molecule has 128 valence electrons.